The highest BCUT2D eigenvalue weighted by molar-refractivity contribution is 5.93. The predicted octanol–water partition coefficient (Wildman–Crippen LogP) is 3.54. The van der Waals surface area contributed by atoms with Gasteiger partial charge in [0.05, 0.1) is 13.0 Å². The summed E-state index contributed by atoms with van der Waals surface area (Å²) in [6.45, 7) is 6.18. The third-order valence-corrected chi connectivity index (χ3v) is 4.32. The summed E-state index contributed by atoms with van der Waals surface area (Å²) in [5.41, 5.74) is 5.57. The monoisotopic (exact) mass is 491 g/mol. The van der Waals surface area contributed by atoms with Gasteiger partial charge >= 0.3 is 23.9 Å². The maximum atomic E-state index is 12.2. The van der Waals surface area contributed by atoms with Crippen LogP contribution in [0.2, 0.25) is 0 Å². The maximum absolute atomic E-state index is 12.2. The van der Waals surface area contributed by atoms with Crippen LogP contribution in [0.1, 0.15) is 63.7 Å². The second-order valence-electron chi connectivity index (χ2n) is 7.35. The van der Waals surface area contributed by atoms with E-state index in [0.717, 1.165) is 19.3 Å². The molecule has 1 unspecified atom stereocenters. The van der Waals surface area contributed by atoms with Gasteiger partial charge < -0.3 is 29.4 Å². The standard InChI is InChI=1S/C25H33NO9/c1-5-7-10-15-31-20(6-2)22(35-24(29)17(3)26)13-14-23(28)32-16-33-25(30)19-11-8-9-12-21(19)34-18(4)27/h6,8-9,11-13,17H,5,7,10,14-16,26H2,1-4H3. The molecule has 0 aromatic heterocycles. The Balaban J connectivity index is 2.73. The number of hydrogen-bond donors (Lipinski definition) is 1. The summed E-state index contributed by atoms with van der Waals surface area (Å²) in [5.74, 6) is -2.53. The maximum Gasteiger partial charge on any atom is 0.344 e. The Hall–Kier alpha value is -3.66. The molecule has 0 radical (unpaired) electrons. The van der Waals surface area contributed by atoms with Gasteiger partial charge in [-0.25, -0.2) is 9.59 Å². The van der Waals surface area contributed by atoms with E-state index in [1.54, 1.807) is 25.1 Å². The number of carbonyl (C=O) groups excluding carboxylic acids is 4. The molecule has 2 N–H and O–H groups in total. The first-order chi connectivity index (χ1) is 16.7. The molecule has 0 amide bonds. The molecule has 0 saturated heterocycles. The molecule has 0 bridgehead atoms. The number of rotatable bonds is 14. The van der Waals surface area contributed by atoms with Gasteiger partial charge in [0.15, 0.2) is 11.5 Å². The molecule has 0 saturated carbocycles. The fourth-order valence-electron chi connectivity index (χ4n) is 2.57. The molecule has 1 atom stereocenters. The summed E-state index contributed by atoms with van der Waals surface area (Å²) < 4.78 is 25.8. The van der Waals surface area contributed by atoms with Crippen LogP contribution in [0.15, 0.2) is 47.9 Å². The molecule has 0 fully saturated rings. The van der Waals surface area contributed by atoms with Gasteiger partial charge in [0.1, 0.15) is 17.4 Å². The lowest BCUT2D eigenvalue weighted by molar-refractivity contribution is -0.151. The summed E-state index contributed by atoms with van der Waals surface area (Å²) in [7, 11) is 0. The topological polar surface area (TPSA) is 140 Å². The third kappa shape index (κ3) is 11.3. The largest absolute Gasteiger partial charge is 0.490 e. The lowest BCUT2D eigenvalue weighted by atomic mass is 10.2. The molecular weight excluding hydrogens is 458 g/mol. The van der Waals surface area contributed by atoms with E-state index in [-0.39, 0.29) is 29.3 Å². The van der Waals surface area contributed by atoms with E-state index in [4.69, 9.17) is 29.4 Å². The molecule has 10 heteroatoms. The van der Waals surface area contributed by atoms with Crippen molar-refractivity contribution in [2.45, 2.75) is 59.4 Å². The average Bonchev–Trinajstić information content (AvgIpc) is 2.81. The number of ether oxygens (including phenoxy) is 5. The molecule has 1 rings (SSSR count). The second-order valence-corrected chi connectivity index (χ2v) is 7.35. The van der Waals surface area contributed by atoms with E-state index in [2.05, 4.69) is 6.92 Å². The van der Waals surface area contributed by atoms with Gasteiger partial charge in [-0.1, -0.05) is 31.9 Å². The number of benzene rings is 1. The zero-order chi connectivity index (χ0) is 26.2. The van der Waals surface area contributed by atoms with Gasteiger partial charge in [-0.3, -0.25) is 9.59 Å². The Morgan fingerprint density at radius 2 is 1.74 bits per heavy atom. The van der Waals surface area contributed by atoms with Crippen LogP contribution in [-0.4, -0.2) is 43.3 Å². The zero-order valence-electron chi connectivity index (χ0n) is 20.5. The first-order valence-electron chi connectivity index (χ1n) is 11.3. The van der Waals surface area contributed by atoms with Gasteiger partial charge in [-0.05, 0) is 44.6 Å². The molecule has 0 aliphatic heterocycles. The van der Waals surface area contributed by atoms with E-state index in [0.29, 0.717) is 6.61 Å². The normalized spacial score (nSPS) is 12.4. The fourth-order valence-corrected chi connectivity index (χ4v) is 2.57. The van der Waals surface area contributed by atoms with E-state index in [1.807, 2.05) is 0 Å². The van der Waals surface area contributed by atoms with Crippen molar-refractivity contribution in [2.75, 3.05) is 13.4 Å². The van der Waals surface area contributed by atoms with Gasteiger partial charge in [0.2, 0.25) is 6.79 Å². The van der Waals surface area contributed by atoms with Crippen molar-refractivity contribution in [3.05, 3.63) is 53.5 Å². The smallest absolute Gasteiger partial charge is 0.344 e. The number of unbranched alkanes of at least 4 members (excludes halogenated alkanes) is 2. The van der Waals surface area contributed by atoms with Crippen LogP contribution < -0.4 is 10.5 Å². The van der Waals surface area contributed by atoms with Crippen LogP contribution in [0.3, 0.4) is 0 Å². The number of hydrogen-bond acceptors (Lipinski definition) is 10. The van der Waals surface area contributed by atoms with Crippen LogP contribution in [0.4, 0.5) is 0 Å². The number of para-hydroxylation sites is 1. The molecule has 1 aromatic rings. The molecule has 0 aliphatic carbocycles. The van der Waals surface area contributed by atoms with E-state index >= 15 is 0 Å². The van der Waals surface area contributed by atoms with Gasteiger partial charge in [0.25, 0.3) is 0 Å². The minimum absolute atomic E-state index is 0.00157. The highest BCUT2D eigenvalue weighted by Gasteiger charge is 2.18. The molecule has 0 heterocycles. The highest BCUT2D eigenvalue weighted by Crippen LogP contribution is 2.19. The Kier molecular flexibility index (Phi) is 13.5. The number of esters is 4. The van der Waals surface area contributed by atoms with Crippen LogP contribution in [0.5, 0.6) is 5.75 Å². The average molecular weight is 492 g/mol. The summed E-state index contributed by atoms with van der Waals surface area (Å²) in [6.07, 6.45) is 5.46. The van der Waals surface area contributed by atoms with Crippen LogP contribution in [0, 0.1) is 0 Å². The Bertz CT molecular complexity index is 935. The zero-order valence-corrected chi connectivity index (χ0v) is 20.5. The lowest BCUT2D eigenvalue weighted by Crippen LogP contribution is -2.29. The van der Waals surface area contributed by atoms with Crippen molar-refractivity contribution in [1.29, 1.82) is 0 Å². The SMILES string of the molecule is CC=C(OCCCCC)C(=CCC(=O)OCOC(=O)c1ccccc1OC(C)=O)OC(=O)C(C)N. The number of nitrogens with two attached hydrogens (primary N) is 1. The van der Waals surface area contributed by atoms with Crippen molar-refractivity contribution < 1.29 is 42.9 Å². The molecule has 0 spiro atoms. The van der Waals surface area contributed by atoms with Crippen molar-refractivity contribution in [3.8, 4) is 5.75 Å². The van der Waals surface area contributed by atoms with Crippen molar-refractivity contribution in [1.82, 2.24) is 0 Å². The van der Waals surface area contributed by atoms with Crippen LogP contribution >= 0.6 is 0 Å². The summed E-state index contributed by atoms with van der Waals surface area (Å²) >= 11 is 0. The number of carbonyl (C=O) groups is 4. The van der Waals surface area contributed by atoms with E-state index in [1.165, 1.54) is 32.1 Å². The van der Waals surface area contributed by atoms with Crippen molar-refractivity contribution in [3.63, 3.8) is 0 Å². The summed E-state index contributed by atoms with van der Waals surface area (Å²) in [6, 6.07) is 5.11. The summed E-state index contributed by atoms with van der Waals surface area (Å²) in [5, 5.41) is 0. The predicted molar refractivity (Wildman–Crippen MR) is 126 cm³/mol. The molecule has 0 aliphatic rings. The molecule has 10 nitrogen and oxygen atoms in total. The first-order valence-corrected chi connectivity index (χ1v) is 11.3. The van der Waals surface area contributed by atoms with Crippen LogP contribution in [-0.2, 0) is 33.3 Å². The fraction of sp³-hybridized carbons (Fsp3) is 0.440. The molecular formula is C25H33NO9. The quantitative estimate of drug-likeness (QED) is 0.103. The van der Waals surface area contributed by atoms with Gasteiger partial charge in [-0.2, -0.15) is 0 Å². The first kappa shape index (κ1) is 29.4. The highest BCUT2D eigenvalue weighted by atomic mass is 16.7. The Morgan fingerprint density at radius 3 is 2.37 bits per heavy atom. The van der Waals surface area contributed by atoms with Crippen molar-refractivity contribution in [2.24, 2.45) is 5.73 Å². The minimum Gasteiger partial charge on any atom is -0.490 e. The van der Waals surface area contributed by atoms with Gasteiger partial charge in [-0.15, -0.1) is 0 Å². The lowest BCUT2D eigenvalue weighted by Gasteiger charge is -2.15. The Labute approximate surface area is 205 Å². The number of allylic oxidation sites excluding steroid dienone is 1. The molecule has 1 aromatic carbocycles. The van der Waals surface area contributed by atoms with E-state index in [9.17, 15) is 19.2 Å². The second kappa shape index (κ2) is 16.0. The van der Waals surface area contributed by atoms with Crippen molar-refractivity contribution >= 4 is 23.9 Å². The van der Waals surface area contributed by atoms with E-state index < -0.39 is 36.7 Å². The van der Waals surface area contributed by atoms with Gasteiger partial charge in [0, 0.05) is 6.92 Å². The van der Waals surface area contributed by atoms with Crippen LogP contribution in [0.25, 0.3) is 0 Å². The summed E-state index contributed by atoms with van der Waals surface area (Å²) in [4.78, 5) is 47.6. The molecule has 192 valence electrons. The minimum atomic E-state index is -0.877. The Morgan fingerprint density at radius 1 is 1.03 bits per heavy atom. The third-order valence-electron chi connectivity index (χ3n) is 4.32. The molecule has 35 heavy (non-hydrogen) atoms.